The van der Waals surface area contributed by atoms with E-state index in [0.29, 0.717) is 18.7 Å². The maximum absolute atomic E-state index is 11.4. The molecule has 0 radical (unpaired) electrons. The summed E-state index contributed by atoms with van der Waals surface area (Å²) in [5.74, 6) is 0.754. The Balaban J connectivity index is 1.65. The number of piperidine rings is 1. The number of hydrogen-bond acceptors (Lipinski definition) is 6. The lowest BCUT2D eigenvalue weighted by Gasteiger charge is -2.31. The van der Waals surface area contributed by atoms with Gasteiger partial charge in [-0.2, -0.15) is 0 Å². The van der Waals surface area contributed by atoms with Crippen molar-refractivity contribution in [1.82, 2.24) is 24.8 Å². The summed E-state index contributed by atoms with van der Waals surface area (Å²) in [7, 11) is 1.41. The largest absolute Gasteiger partial charge is 0.453 e. The monoisotopic (exact) mass is 276 g/mol. The number of nitrogens with one attached hydrogen (secondary N) is 2. The highest BCUT2D eigenvalue weighted by Gasteiger charge is 2.23. The van der Waals surface area contributed by atoms with Gasteiger partial charge >= 0.3 is 6.09 Å². The van der Waals surface area contributed by atoms with E-state index in [2.05, 4.69) is 25.3 Å². The molecule has 0 aromatic carbocycles. The molecule has 0 saturated carbocycles. The van der Waals surface area contributed by atoms with Crippen molar-refractivity contribution in [3.8, 4) is 0 Å². The number of carbonyl (C=O) groups excluding carboxylic acids is 1. The van der Waals surface area contributed by atoms with Gasteiger partial charge in [-0.1, -0.05) is 0 Å². The molecule has 0 atom stereocenters. The van der Waals surface area contributed by atoms with Crippen LogP contribution in [0.25, 0.3) is 11.2 Å². The molecule has 1 fully saturated rings. The molecule has 20 heavy (non-hydrogen) atoms. The van der Waals surface area contributed by atoms with Crippen LogP contribution in [0.3, 0.4) is 0 Å². The minimum Gasteiger partial charge on any atom is -0.453 e. The van der Waals surface area contributed by atoms with Crippen molar-refractivity contribution in [2.45, 2.75) is 18.9 Å². The van der Waals surface area contributed by atoms with E-state index in [9.17, 15) is 4.79 Å². The minimum absolute atomic E-state index is 0.263. The van der Waals surface area contributed by atoms with E-state index in [0.717, 1.165) is 24.2 Å². The molecule has 3 rings (SSSR count). The van der Waals surface area contributed by atoms with Gasteiger partial charge in [0.05, 0.1) is 13.4 Å². The molecule has 3 heterocycles. The fraction of sp³-hybridized carbons (Fsp3) is 0.500. The second kappa shape index (κ2) is 5.32. The lowest BCUT2D eigenvalue weighted by atomic mass is 10.1. The first-order chi connectivity index (χ1) is 9.78. The Kier molecular flexibility index (Phi) is 3.36. The van der Waals surface area contributed by atoms with Crippen molar-refractivity contribution in [3.63, 3.8) is 0 Å². The molecule has 8 heteroatoms. The SMILES string of the molecule is COC(=O)N1CCC(Nc2ncnc3nc[nH]c23)CC1. The Morgan fingerprint density at radius 2 is 2.20 bits per heavy atom. The second-order valence-corrected chi connectivity index (χ2v) is 4.70. The molecule has 2 aromatic heterocycles. The minimum atomic E-state index is -0.263. The van der Waals surface area contributed by atoms with Gasteiger partial charge < -0.3 is 19.9 Å². The van der Waals surface area contributed by atoms with Gasteiger partial charge in [0.25, 0.3) is 0 Å². The number of rotatable bonds is 2. The molecule has 0 aliphatic carbocycles. The molecule has 1 aliphatic rings. The average Bonchev–Trinajstić information content (AvgIpc) is 2.97. The lowest BCUT2D eigenvalue weighted by molar-refractivity contribution is 0.113. The maximum Gasteiger partial charge on any atom is 0.409 e. The molecular formula is C12H16N6O2. The van der Waals surface area contributed by atoms with Crippen molar-refractivity contribution >= 4 is 23.1 Å². The Morgan fingerprint density at radius 1 is 1.40 bits per heavy atom. The van der Waals surface area contributed by atoms with Gasteiger partial charge in [0.1, 0.15) is 11.8 Å². The van der Waals surface area contributed by atoms with Gasteiger partial charge in [-0.15, -0.1) is 0 Å². The summed E-state index contributed by atoms with van der Waals surface area (Å²) in [6.45, 7) is 1.36. The highest BCUT2D eigenvalue weighted by atomic mass is 16.5. The van der Waals surface area contributed by atoms with Crippen LogP contribution in [-0.4, -0.2) is 57.2 Å². The van der Waals surface area contributed by atoms with Crippen molar-refractivity contribution in [1.29, 1.82) is 0 Å². The highest BCUT2D eigenvalue weighted by molar-refractivity contribution is 5.82. The third kappa shape index (κ3) is 2.36. The Labute approximate surface area is 115 Å². The van der Waals surface area contributed by atoms with E-state index in [1.165, 1.54) is 13.4 Å². The van der Waals surface area contributed by atoms with Crippen LogP contribution in [0, 0.1) is 0 Å². The number of hydrogen-bond donors (Lipinski definition) is 2. The lowest BCUT2D eigenvalue weighted by Crippen LogP contribution is -2.42. The van der Waals surface area contributed by atoms with E-state index in [1.807, 2.05) is 0 Å². The molecule has 2 N–H and O–H groups in total. The summed E-state index contributed by atoms with van der Waals surface area (Å²) in [4.78, 5) is 28.6. The van der Waals surface area contributed by atoms with Gasteiger partial charge in [0, 0.05) is 19.1 Å². The summed E-state index contributed by atoms with van der Waals surface area (Å²) in [5, 5.41) is 3.39. The number of imidazole rings is 1. The smallest absolute Gasteiger partial charge is 0.409 e. The Hall–Kier alpha value is -2.38. The Morgan fingerprint density at radius 3 is 2.95 bits per heavy atom. The number of aromatic nitrogens is 4. The molecule has 106 valence electrons. The normalized spacial score (nSPS) is 16.4. The summed E-state index contributed by atoms with van der Waals surface area (Å²) < 4.78 is 4.72. The topological polar surface area (TPSA) is 96.0 Å². The third-order valence-corrected chi connectivity index (χ3v) is 3.49. The zero-order chi connectivity index (χ0) is 13.9. The first-order valence-corrected chi connectivity index (χ1v) is 6.51. The van der Waals surface area contributed by atoms with E-state index < -0.39 is 0 Å². The molecule has 2 aromatic rings. The fourth-order valence-corrected chi connectivity index (χ4v) is 2.40. The number of fused-ring (bicyclic) bond motifs is 1. The summed E-state index contributed by atoms with van der Waals surface area (Å²) >= 11 is 0. The summed E-state index contributed by atoms with van der Waals surface area (Å²) in [6.07, 6.45) is 4.55. The number of carbonyl (C=O) groups is 1. The van der Waals surface area contributed by atoms with Crippen molar-refractivity contribution in [2.75, 3.05) is 25.5 Å². The van der Waals surface area contributed by atoms with Crippen molar-refractivity contribution in [3.05, 3.63) is 12.7 Å². The van der Waals surface area contributed by atoms with E-state index in [4.69, 9.17) is 4.74 Å². The zero-order valence-electron chi connectivity index (χ0n) is 11.2. The van der Waals surface area contributed by atoms with E-state index in [-0.39, 0.29) is 12.1 Å². The van der Waals surface area contributed by atoms with E-state index in [1.54, 1.807) is 11.2 Å². The summed E-state index contributed by atoms with van der Waals surface area (Å²) in [6, 6.07) is 0.275. The quantitative estimate of drug-likeness (QED) is 0.849. The van der Waals surface area contributed by atoms with Crippen LogP contribution in [0.15, 0.2) is 12.7 Å². The van der Waals surface area contributed by atoms with Gasteiger partial charge in [-0.3, -0.25) is 0 Å². The van der Waals surface area contributed by atoms with Crippen LogP contribution in [0.2, 0.25) is 0 Å². The predicted octanol–water partition coefficient (Wildman–Crippen LogP) is 0.996. The average molecular weight is 276 g/mol. The molecule has 1 aliphatic heterocycles. The van der Waals surface area contributed by atoms with Crippen LogP contribution in [0.5, 0.6) is 0 Å². The maximum atomic E-state index is 11.4. The number of ether oxygens (including phenoxy) is 1. The Bertz CT molecular complexity index is 605. The van der Waals surface area contributed by atoms with E-state index >= 15 is 0 Å². The number of amides is 1. The number of aromatic amines is 1. The number of anilines is 1. The van der Waals surface area contributed by atoms with Gasteiger partial charge in [-0.25, -0.2) is 19.7 Å². The van der Waals surface area contributed by atoms with Gasteiger partial charge in [0.15, 0.2) is 11.5 Å². The number of methoxy groups -OCH3 is 1. The molecule has 0 spiro atoms. The number of nitrogens with zero attached hydrogens (tertiary/aromatic N) is 4. The van der Waals surface area contributed by atoms with Gasteiger partial charge in [0.2, 0.25) is 0 Å². The molecule has 1 saturated heterocycles. The number of H-pyrrole nitrogens is 1. The van der Waals surface area contributed by atoms with Crippen LogP contribution < -0.4 is 5.32 Å². The molecule has 0 unspecified atom stereocenters. The third-order valence-electron chi connectivity index (χ3n) is 3.49. The van der Waals surface area contributed by atoms with Crippen LogP contribution >= 0.6 is 0 Å². The molecule has 8 nitrogen and oxygen atoms in total. The fourth-order valence-electron chi connectivity index (χ4n) is 2.40. The first kappa shape index (κ1) is 12.6. The van der Waals surface area contributed by atoms with Crippen LogP contribution in [0.4, 0.5) is 10.6 Å². The second-order valence-electron chi connectivity index (χ2n) is 4.70. The molecule has 0 bridgehead atoms. The predicted molar refractivity (Wildman–Crippen MR) is 72.3 cm³/mol. The van der Waals surface area contributed by atoms with Gasteiger partial charge in [-0.05, 0) is 12.8 Å². The highest BCUT2D eigenvalue weighted by Crippen LogP contribution is 2.19. The first-order valence-electron chi connectivity index (χ1n) is 6.51. The standard InChI is InChI=1S/C12H16N6O2/c1-20-12(19)18-4-2-8(3-5-18)17-11-9-10(14-6-13-9)15-7-16-11/h6-8H,2-5H2,1H3,(H2,13,14,15,16,17). The van der Waals surface area contributed by atoms with Crippen LogP contribution in [-0.2, 0) is 4.74 Å². The number of likely N-dealkylation sites (tertiary alicyclic amines) is 1. The van der Waals surface area contributed by atoms with Crippen molar-refractivity contribution in [2.24, 2.45) is 0 Å². The molecule has 1 amide bonds. The van der Waals surface area contributed by atoms with Crippen LogP contribution in [0.1, 0.15) is 12.8 Å². The van der Waals surface area contributed by atoms with Crippen molar-refractivity contribution < 1.29 is 9.53 Å². The molecular weight excluding hydrogens is 260 g/mol. The summed E-state index contributed by atoms with van der Waals surface area (Å²) in [5.41, 5.74) is 1.46. The zero-order valence-corrected chi connectivity index (χ0v) is 11.2.